The minimum Gasteiger partial charge on any atom is -0.481 e. The fourth-order valence-electron chi connectivity index (χ4n) is 1.46. The van der Waals surface area contributed by atoms with Crippen molar-refractivity contribution in [3.63, 3.8) is 0 Å². The molecule has 1 aromatic rings. The highest BCUT2D eigenvalue weighted by molar-refractivity contribution is 5.67. The van der Waals surface area contributed by atoms with Gasteiger partial charge in [-0.1, -0.05) is 12.1 Å². The number of carboxylic acids is 1. The van der Waals surface area contributed by atoms with Crippen LogP contribution in [0.2, 0.25) is 0 Å². The number of carbonyl (C=O) groups is 1. The highest BCUT2D eigenvalue weighted by Crippen LogP contribution is 2.35. The van der Waals surface area contributed by atoms with Crippen molar-refractivity contribution in [3.8, 4) is 5.75 Å². The predicted molar refractivity (Wildman–Crippen MR) is 60.6 cm³/mol. The first-order valence-electron chi connectivity index (χ1n) is 5.32. The summed E-state index contributed by atoms with van der Waals surface area (Å²) in [6.45, 7) is 1.33. The molecule has 1 unspecified atom stereocenters. The number of para-hydroxylation sites is 1. The number of carboxylic acid groups (broad SMARTS) is 1. The van der Waals surface area contributed by atoms with E-state index in [2.05, 4.69) is 4.74 Å². The molecule has 110 valence electrons. The summed E-state index contributed by atoms with van der Waals surface area (Å²) in [5.41, 5.74) is -0.538. The zero-order chi connectivity index (χ0) is 15.5. The Morgan fingerprint density at radius 3 is 2.55 bits per heavy atom. The predicted octanol–water partition coefficient (Wildman–Crippen LogP) is 2.69. The van der Waals surface area contributed by atoms with Crippen molar-refractivity contribution in [1.29, 1.82) is 0 Å². The standard InChI is InChI=1S/C11H10F3NO5/c1-6-3-2-4-7(15(18)19)10(6)20-8(5-9(16)17)11(12,13)14/h2-4,8H,5H2,1H3,(H,16,17). The van der Waals surface area contributed by atoms with Crippen LogP contribution in [0.15, 0.2) is 18.2 Å². The van der Waals surface area contributed by atoms with E-state index in [1.807, 2.05) is 0 Å². The van der Waals surface area contributed by atoms with Crippen LogP contribution in [0, 0.1) is 17.0 Å². The average molecular weight is 293 g/mol. The lowest BCUT2D eigenvalue weighted by Crippen LogP contribution is -2.36. The van der Waals surface area contributed by atoms with Gasteiger partial charge in [0.15, 0.2) is 0 Å². The van der Waals surface area contributed by atoms with Crippen molar-refractivity contribution < 1.29 is 32.7 Å². The average Bonchev–Trinajstić information content (AvgIpc) is 2.28. The van der Waals surface area contributed by atoms with Gasteiger partial charge in [-0.2, -0.15) is 13.2 Å². The van der Waals surface area contributed by atoms with Gasteiger partial charge in [0, 0.05) is 6.07 Å². The van der Waals surface area contributed by atoms with E-state index in [1.165, 1.54) is 19.1 Å². The molecule has 0 radical (unpaired) electrons. The molecule has 0 aromatic heterocycles. The Balaban J connectivity index is 3.17. The first-order chi connectivity index (χ1) is 9.12. The smallest absolute Gasteiger partial charge is 0.426 e. The molecular weight excluding hydrogens is 283 g/mol. The maximum atomic E-state index is 12.7. The molecule has 6 nitrogen and oxygen atoms in total. The first-order valence-corrected chi connectivity index (χ1v) is 5.32. The molecule has 0 bridgehead atoms. The van der Waals surface area contributed by atoms with Gasteiger partial charge in [-0.15, -0.1) is 0 Å². The van der Waals surface area contributed by atoms with Crippen molar-refractivity contribution in [3.05, 3.63) is 33.9 Å². The van der Waals surface area contributed by atoms with Gasteiger partial charge in [0.05, 0.1) is 11.3 Å². The van der Waals surface area contributed by atoms with E-state index in [-0.39, 0.29) is 5.56 Å². The minimum atomic E-state index is -4.95. The number of hydrogen-bond acceptors (Lipinski definition) is 4. The molecule has 0 amide bonds. The van der Waals surface area contributed by atoms with Crippen molar-refractivity contribution in [2.75, 3.05) is 0 Å². The molecule has 0 aliphatic heterocycles. The molecule has 0 aliphatic carbocycles. The van der Waals surface area contributed by atoms with Gasteiger partial charge < -0.3 is 9.84 Å². The molecule has 0 spiro atoms. The second kappa shape index (κ2) is 5.76. The molecule has 1 atom stereocenters. The van der Waals surface area contributed by atoms with Crippen molar-refractivity contribution in [2.24, 2.45) is 0 Å². The molecule has 0 saturated heterocycles. The number of aliphatic carboxylic acids is 1. The lowest BCUT2D eigenvalue weighted by molar-refractivity contribution is -0.386. The van der Waals surface area contributed by atoms with Crippen LogP contribution < -0.4 is 4.74 Å². The number of benzene rings is 1. The van der Waals surface area contributed by atoms with E-state index in [9.17, 15) is 28.1 Å². The highest BCUT2D eigenvalue weighted by Gasteiger charge is 2.44. The summed E-state index contributed by atoms with van der Waals surface area (Å²) < 4.78 is 42.6. The number of ether oxygens (including phenoxy) is 1. The normalized spacial score (nSPS) is 12.8. The molecule has 9 heteroatoms. The Morgan fingerprint density at radius 1 is 1.50 bits per heavy atom. The van der Waals surface area contributed by atoms with E-state index >= 15 is 0 Å². The molecular formula is C11H10F3NO5. The van der Waals surface area contributed by atoms with Gasteiger partial charge in [-0.3, -0.25) is 14.9 Å². The molecule has 0 heterocycles. The van der Waals surface area contributed by atoms with E-state index < -0.39 is 41.0 Å². The summed E-state index contributed by atoms with van der Waals surface area (Å²) in [6, 6.07) is 3.60. The third-order valence-electron chi connectivity index (χ3n) is 2.37. The van der Waals surface area contributed by atoms with Gasteiger partial charge in [0.2, 0.25) is 11.9 Å². The third kappa shape index (κ3) is 3.84. The topological polar surface area (TPSA) is 89.7 Å². The van der Waals surface area contributed by atoms with Crippen LogP contribution in [-0.2, 0) is 4.79 Å². The van der Waals surface area contributed by atoms with Crippen LogP contribution >= 0.6 is 0 Å². The number of hydrogen-bond donors (Lipinski definition) is 1. The molecule has 1 rings (SSSR count). The molecule has 0 fully saturated rings. The zero-order valence-electron chi connectivity index (χ0n) is 10.2. The number of aryl methyl sites for hydroxylation is 1. The van der Waals surface area contributed by atoms with Crippen molar-refractivity contribution in [1.82, 2.24) is 0 Å². The van der Waals surface area contributed by atoms with E-state index in [4.69, 9.17) is 5.11 Å². The SMILES string of the molecule is Cc1cccc([N+](=O)[O-])c1OC(CC(=O)O)C(F)(F)F. The van der Waals surface area contributed by atoms with E-state index in [0.717, 1.165) is 6.07 Å². The number of nitro benzene ring substituents is 1. The van der Waals surface area contributed by atoms with Gasteiger partial charge in [0.25, 0.3) is 0 Å². The second-order valence-corrected chi connectivity index (χ2v) is 3.93. The van der Waals surface area contributed by atoms with Crippen LogP contribution in [0.25, 0.3) is 0 Å². The summed E-state index contributed by atoms with van der Waals surface area (Å²) in [6.07, 6.45) is -8.94. The Labute approximate surface area is 110 Å². The molecule has 0 saturated carbocycles. The molecule has 0 aliphatic rings. The Bertz CT molecular complexity index is 529. The third-order valence-corrected chi connectivity index (χ3v) is 2.37. The Morgan fingerprint density at radius 2 is 2.10 bits per heavy atom. The molecule has 20 heavy (non-hydrogen) atoms. The maximum Gasteiger partial charge on any atom is 0.426 e. The van der Waals surface area contributed by atoms with E-state index in [1.54, 1.807) is 0 Å². The maximum absolute atomic E-state index is 12.7. The molecule has 1 N–H and O–H groups in total. The minimum absolute atomic E-state index is 0.110. The summed E-state index contributed by atoms with van der Waals surface area (Å²) in [4.78, 5) is 20.3. The van der Waals surface area contributed by atoms with Crippen LogP contribution in [0.3, 0.4) is 0 Å². The largest absolute Gasteiger partial charge is 0.481 e. The first kappa shape index (κ1) is 15.7. The number of rotatable bonds is 5. The highest BCUT2D eigenvalue weighted by atomic mass is 19.4. The quantitative estimate of drug-likeness (QED) is 0.666. The monoisotopic (exact) mass is 293 g/mol. The summed E-state index contributed by atoms with van der Waals surface area (Å²) >= 11 is 0. The molecule has 1 aromatic carbocycles. The summed E-state index contributed by atoms with van der Waals surface area (Å²) in [7, 11) is 0. The summed E-state index contributed by atoms with van der Waals surface area (Å²) in [5, 5.41) is 19.2. The zero-order valence-corrected chi connectivity index (χ0v) is 10.2. The van der Waals surface area contributed by atoms with Crippen molar-refractivity contribution >= 4 is 11.7 Å². The summed E-state index contributed by atoms with van der Waals surface area (Å²) in [5.74, 6) is -2.30. The fourth-order valence-corrected chi connectivity index (χ4v) is 1.46. The fraction of sp³-hybridized carbons (Fsp3) is 0.364. The number of nitro groups is 1. The van der Waals surface area contributed by atoms with Gasteiger partial charge in [0.1, 0.15) is 0 Å². The lowest BCUT2D eigenvalue weighted by atomic mass is 10.2. The van der Waals surface area contributed by atoms with Crippen LogP contribution in [0.5, 0.6) is 5.75 Å². The van der Waals surface area contributed by atoms with Gasteiger partial charge in [-0.25, -0.2) is 0 Å². The van der Waals surface area contributed by atoms with Crippen LogP contribution in [0.4, 0.5) is 18.9 Å². The number of alkyl halides is 3. The van der Waals surface area contributed by atoms with Gasteiger partial charge in [-0.05, 0) is 12.5 Å². The van der Waals surface area contributed by atoms with Crippen molar-refractivity contribution in [2.45, 2.75) is 25.6 Å². The lowest BCUT2D eigenvalue weighted by Gasteiger charge is -2.21. The van der Waals surface area contributed by atoms with E-state index in [0.29, 0.717) is 0 Å². The second-order valence-electron chi connectivity index (χ2n) is 3.93. The van der Waals surface area contributed by atoms with Gasteiger partial charge >= 0.3 is 17.8 Å². The van der Waals surface area contributed by atoms with Crippen LogP contribution in [-0.4, -0.2) is 28.3 Å². The number of halogens is 3. The Hall–Kier alpha value is -2.32. The number of nitrogens with zero attached hydrogens (tertiary/aromatic N) is 1. The Kier molecular flexibility index (Phi) is 4.53. The van der Waals surface area contributed by atoms with Crippen LogP contribution in [0.1, 0.15) is 12.0 Å².